The number of nitrogens with one attached hydrogen (secondary N) is 2. The smallest absolute Gasteiger partial charge is 0.328 e. The van der Waals surface area contributed by atoms with Crippen LogP contribution < -0.4 is 15.4 Å². The Hall–Kier alpha value is -2.24. The second kappa shape index (κ2) is 9.71. The second-order valence-corrected chi connectivity index (χ2v) is 5.87. The number of aliphatic imine (C=N–C) groups is 1. The Morgan fingerprint density at radius 3 is 2.48 bits per heavy atom. The van der Waals surface area contributed by atoms with E-state index in [0.29, 0.717) is 25.7 Å². The minimum atomic E-state index is -0.498. The van der Waals surface area contributed by atoms with E-state index in [1.54, 1.807) is 0 Å². The molecule has 0 saturated carbocycles. The maximum absolute atomic E-state index is 11.7. The SMILES string of the molecule is CCNC(=NCC(=O)OC(C)(C)C)NCCOc1ccccc1. The van der Waals surface area contributed by atoms with Crippen LogP contribution in [0.25, 0.3) is 0 Å². The van der Waals surface area contributed by atoms with Crippen LogP contribution in [0.3, 0.4) is 0 Å². The minimum absolute atomic E-state index is 0.0217. The fourth-order valence-electron chi connectivity index (χ4n) is 1.71. The van der Waals surface area contributed by atoms with Crippen molar-refractivity contribution in [3.8, 4) is 5.75 Å². The van der Waals surface area contributed by atoms with Crippen molar-refractivity contribution in [2.45, 2.75) is 33.3 Å². The van der Waals surface area contributed by atoms with Gasteiger partial charge in [-0.2, -0.15) is 0 Å². The third-order valence-corrected chi connectivity index (χ3v) is 2.54. The quantitative estimate of drug-likeness (QED) is 0.348. The molecule has 0 aliphatic rings. The van der Waals surface area contributed by atoms with Crippen LogP contribution in [0.15, 0.2) is 35.3 Å². The first-order valence-electron chi connectivity index (χ1n) is 7.82. The summed E-state index contributed by atoms with van der Waals surface area (Å²) in [6, 6.07) is 9.60. The van der Waals surface area contributed by atoms with Gasteiger partial charge in [-0.1, -0.05) is 18.2 Å². The number of hydrogen-bond acceptors (Lipinski definition) is 4. The second-order valence-electron chi connectivity index (χ2n) is 5.87. The van der Waals surface area contributed by atoms with Gasteiger partial charge < -0.3 is 20.1 Å². The monoisotopic (exact) mass is 321 g/mol. The molecule has 1 rings (SSSR count). The first-order chi connectivity index (χ1) is 10.9. The number of ether oxygens (including phenoxy) is 2. The molecule has 6 nitrogen and oxygen atoms in total. The largest absolute Gasteiger partial charge is 0.492 e. The highest BCUT2D eigenvalue weighted by atomic mass is 16.6. The van der Waals surface area contributed by atoms with Gasteiger partial charge in [0, 0.05) is 6.54 Å². The van der Waals surface area contributed by atoms with Gasteiger partial charge in [0.2, 0.25) is 0 Å². The summed E-state index contributed by atoms with van der Waals surface area (Å²) in [5.41, 5.74) is -0.498. The topological polar surface area (TPSA) is 72.0 Å². The molecule has 0 bridgehead atoms. The van der Waals surface area contributed by atoms with Crippen LogP contribution >= 0.6 is 0 Å². The number of hydrogen-bond donors (Lipinski definition) is 2. The molecular weight excluding hydrogens is 294 g/mol. The molecule has 0 fully saturated rings. The number of nitrogens with zero attached hydrogens (tertiary/aromatic N) is 1. The van der Waals surface area contributed by atoms with Crippen molar-refractivity contribution >= 4 is 11.9 Å². The summed E-state index contributed by atoms with van der Waals surface area (Å²) in [6.45, 7) is 9.23. The van der Waals surface area contributed by atoms with Crippen molar-refractivity contribution in [3.05, 3.63) is 30.3 Å². The minimum Gasteiger partial charge on any atom is -0.492 e. The van der Waals surface area contributed by atoms with E-state index in [9.17, 15) is 4.79 Å². The lowest BCUT2D eigenvalue weighted by atomic mass is 10.2. The van der Waals surface area contributed by atoms with Crippen LogP contribution in [0, 0.1) is 0 Å². The summed E-state index contributed by atoms with van der Waals surface area (Å²) < 4.78 is 10.8. The molecule has 0 radical (unpaired) electrons. The van der Waals surface area contributed by atoms with Crippen LogP contribution in [0.1, 0.15) is 27.7 Å². The van der Waals surface area contributed by atoms with Crippen LogP contribution in [0.5, 0.6) is 5.75 Å². The van der Waals surface area contributed by atoms with E-state index in [-0.39, 0.29) is 12.5 Å². The van der Waals surface area contributed by atoms with Gasteiger partial charge in [-0.15, -0.1) is 0 Å². The Bertz CT molecular complexity index is 496. The van der Waals surface area contributed by atoms with Crippen LogP contribution in [-0.2, 0) is 9.53 Å². The molecule has 128 valence electrons. The molecule has 0 heterocycles. The third-order valence-electron chi connectivity index (χ3n) is 2.54. The van der Waals surface area contributed by atoms with Gasteiger partial charge in [0.15, 0.2) is 5.96 Å². The van der Waals surface area contributed by atoms with Crippen molar-refractivity contribution < 1.29 is 14.3 Å². The van der Waals surface area contributed by atoms with Gasteiger partial charge in [0.25, 0.3) is 0 Å². The summed E-state index contributed by atoms with van der Waals surface area (Å²) in [7, 11) is 0. The van der Waals surface area contributed by atoms with Crippen molar-refractivity contribution in [2.24, 2.45) is 4.99 Å². The van der Waals surface area contributed by atoms with Gasteiger partial charge in [-0.25, -0.2) is 4.99 Å². The zero-order valence-corrected chi connectivity index (χ0v) is 14.4. The number of benzene rings is 1. The van der Waals surface area contributed by atoms with E-state index in [1.165, 1.54) is 0 Å². The summed E-state index contributed by atoms with van der Waals surface area (Å²) >= 11 is 0. The van der Waals surface area contributed by atoms with Crippen LogP contribution in [0.2, 0.25) is 0 Å². The maximum atomic E-state index is 11.7. The number of esters is 1. The number of guanidine groups is 1. The molecule has 0 unspecified atom stereocenters. The summed E-state index contributed by atoms with van der Waals surface area (Å²) in [5, 5.41) is 6.19. The molecular formula is C17H27N3O3. The summed E-state index contributed by atoms with van der Waals surface area (Å²) in [6.07, 6.45) is 0. The van der Waals surface area contributed by atoms with Crippen LogP contribution in [-0.4, -0.2) is 43.8 Å². The fraction of sp³-hybridized carbons (Fsp3) is 0.529. The summed E-state index contributed by atoms with van der Waals surface area (Å²) in [4.78, 5) is 15.9. The number of para-hydroxylation sites is 1. The fourth-order valence-corrected chi connectivity index (χ4v) is 1.71. The lowest BCUT2D eigenvalue weighted by Gasteiger charge is -2.19. The van der Waals surface area contributed by atoms with E-state index in [4.69, 9.17) is 9.47 Å². The van der Waals surface area contributed by atoms with Gasteiger partial charge in [-0.05, 0) is 39.8 Å². The maximum Gasteiger partial charge on any atom is 0.328 e. The number of rotatable bonds is 7. The average Bonchev–Trinajstić information content (AvgIpc) is 2.48. The van der Waals surface area contributed by atoms with Gasteiger partial charge in [0.05, 0.1) is 6.54 Å². The van der Waals surface area contributed by atoms with E-state index in [2.05, 4.69) is 15.6 Å². The highest BCUT2D eigenvalue weighted by molar-refractivity contribution is 5.83. The standard InChI is InChI=1S/C17H27N3O3/c1-5-18-16(20-13-15(21)23-17(2,3)4)19-11-12-22-14-9-7-6-8-10-14/h6-10H,5,11-13H2,1-4H3,(H2,18,19,20). The van der Waals surface area contributed by atoms with Crippen molar-refractivity contribution in [1.82, 2.24) is 10.6 Å². The molecule has 6 heteroatoms. The molecule has 0 spiro atoms. The summed E-state index contributed by atoms with van der Waals surface area (Å²) in [5.74, 6) is 1.04. The molecule has 0 atom stereocenters. The molecule has 2 N–H and O–H groups in total. The zero-order chi connectivity index (χ0) is 17.1. The molecule has 1 aromatic rings. The molecule has 0 aliphatic carbocycles. The van der Waals surface area contributed by atoms with Crippen LogP contribution in [0.4, 0.5) is 0 Å². The normalized spacial score (nSPS) is 11.7. The molecule has 23 heavy (non-hydrogen) atoms. The van der Waals surface area contributed by atoms with E-state index in [0.717, 1.165) is 5.75 Å². The van der Waals surface area contributed by atoms with Gasteiger partial charge in [0.1, 0.15) is 24.5 Å². The van der Waals surface area contributed by atoms with E-state index < -0.39 is 5.60 Å². The van der Waals surface area contributed by atoms with Crippen molar-refractivity contribution in [3.63, 3.8) is 0 Å². The predicted octanol–water partition coefficient (Wildman–Crippen LogP) is 1.96. The predicted molar refractivity (Wildman–Crippen MR) is 91.8 cm³/mol. The van der Waals surface area contributed by atoms with Gasteiger partial charge in [-0.3, -0.25) is 4.79 Å². The lowest BCUT2D eigenvalue weighted by Crippen LogP contribution is -2.40. The average molecular weight is 321 g/mol. The Morgan fingerprint density at radius 1 is 1.17 bits per heavy atom. The Morgan fingerprint density at radius 2 is 1.87 bits per heavy atom. The molecule has 0 aromatic heterocycles. The third kappa shape index (κ3) is 9.39. The number of carbonyl (C=O) groups is 1. The Kier molecular flexibility index (Phi) is 7.94. The first-order valence-corrected chi connectivity index (χ1v) is 7.82. The Labute approximate surface area is 138 Å². The van der Waals surface area contributed by atoms with E-state index >= 15 is 0 Å². The highest BCUT2D eigenvalue weighted by Gasteiger charge is 2.15. The highest BCUT2D eigenvalue weighted by Crippen LogP contribution is 2.07. The zero-order valence-electron chi connectivity index (χ0n) is 14.4. The molecule has 0 amide bonds. The lowest BCUT2D eigenvalue weighted by molar-refractivity contribution is -0.152. The Balaban J connectivity index is 2.36. The van der Waals surface area contributed by atoms with E-state index in [1.807, 2.05) is 58.0 Å². The first kappa shape index (κ1) is 18.8. The number of carbonyl (C=O) groups excluding carboxylic acids is 1. The molecule has 0 aliphatic heterocycles. The molecule has 1 aromatic carbocycles. The van der Waals surface area contributed by atoms with Crippen molar-refractivity contribution in [2.75, 3.05) is 26.2 Å². The molecule has 0 saturated heterocycles. The van der Waals surface area contributed by atoms with Gasteiger partial charge >= 0.3 is 5.97 Å². The van der Waals surface area contributed by atoms with Crippen molar-refractivity contribution in [1.29, 1.82) is 0 Å².